The maximum atomic E-state index is 12.1. The molecule has 0 aliphatic carbocycles. The molecule has 0 saturated carbocycles. The van der Waals surface area contributed by atoms with Crippen molar-refractivity contribution in [3.05, 3.63) is 53.5 Å². The van der Waals surface area contributed by atoms with E-state index in [1.807, 2.05) is 12.1 Å². The van der Waals surface area contributed by atoms with Crippen molar-refractivity contribution in [1.82, 2.24) is 14.8 Å². The molecule has 7 heteroatoms. The van der Waals surface area contributed by atoms with Gasteiger partial charge in [0.25, 0.3) is 5.89 Å². The van der Waals surface area contributed by atoms with Gasteiger partial charge in [0.2, 0.25) is 11.8 Å². The Labute approximate surface area is 131 Å². The number of aryl methyl sites for hydroxylation is 1. The predicted molar refractivity (Wildman–Crippen MR) is 82.5 cm³/mol. The van der Waals surface area contributed by atoms with Gasteiger partial charge in [0.05, 0.1) is 0 Å². The van der Waals surface area contributed by atoms with Gasteiger partial charge in [-0.25, -0.2) is 0 Å². The lowest BCUT2D eigenvalue weighted by Gasteiger charge is -2.08. The van der Waals surface area contributed by atoms with Gasteiger partial charge in [0, 0.05) is 23.8 Å². The zero-order chi connectivity index (χ0) is 15.5. The van der Waals surface area contributed by atoms with E-state index < -0.39 is 0 Å². The number of nitrogens with zero attached hydrogens (tertiary/aromatic N) is 3. The van der Waals surface area contributed by atoms with E-state index in [-0.39, 0.29) is 12.5 Å². The fourth-order valence-electron chi connectivity index (χ4n) is 2.03. The van der Waals surface area contributed by atoms with Gasteiger partial charge in [-0.1, -0.05) is 11.6 Å². The summed E-state index contributed by atoms with van der Waals surface area (Å²) in [5.41, 5.74) is 1.39. The van der Waals surface area contributed by atoms with E-state index in [0.717, 1.165) is 0 Å². The Morgan fingerprint density at radius 2 is 2.05 bits per heavy atom. The molecule has 6 nitrogen and oxygen atoms in total. The SMILES string of the molecule is Cc1nnc(-c2cccn2CC(=O)Nc2ccc(Cl)cc2)o1. The number of aromatic nitrogens is 3. The number of carbonyl (C=O) groups is 1. The van der Waals surface area contributed by atoms with E-state index in [9.17, 15) is 4.79 Å². The van der Waals surface area contributed by atoms with Crippen molar-refractivity contribution < 1.29 is 9.21 Å². The third-order valence-electron chi connectivity index (χ3n) is 3.02. The average molecular weight is 317 g/mol. The quantitative estimate of drug-likeness (QED) is 0.802. The molecular weight excluding hydrogens is 304 g/mol. The van der Waals surface area contributed by atoms with Crippen LogP contribution in [-0.4, -0.2) is 20.7 Å². The van der Waals surface area contributed by atoms with Crippen LogP contribution in [-0.2, 0) is 11.3 Å². The third-order valence-corrected chi connectivity index (χ3v) is 3.27. The van der Waals surface area contributed by atoms with E-state index >= 15 is 0 Å². The zero-order valence-electron chi connectivity index (χ0n) is 11.8. The molecule has 0 aliphatic heterocycles. The third kappa shape index (κ3) is 3.17. The number of hydrogen-bond donors (Lipinski definition) is 1. The van der Waals surface area contributed by atoms with Crippen LogP contribution in [0.4, 0.5) is 5.69 Å². The Balaban J connectivity index is 1.72. The molecular formula is C15H13ClN4O2. The molecule has 1 N–H and O–H groups in total. The summed E-state index contributed by atoms with van der Waals surface area (Å²) < 4.78 is 7.14. The molecule has 2 heterocycles. The second-order valence-corrected chi connectivity index (χ2v) is 5.14. The monoisotopic (exact) mass is 316 g/mol. The van der Waals surface area contributed by atoms with Crippen LogP contribution in [0.1, 0.15) is 5.89 Å². The highest BCUT2D eigenvalue weighted by atomic mass is 35.5. The summed E-state index contributed by atoms with van der Waals surface area (Å²) in [4.78, 5) is 12.1. The highest BCUT2D eigenvalue weighted by Gasteiger charge is 2.13. The van der Waals surface area contributed by atoms with Crippen LogP contribution in [0, 0.1) is 6.92 Å². The summed E-state index contributed by atoms with van der Waals surface area (Å²) in [6.45, 7) is 1.86. The van der Waals surface area contributed by atoms with E-state index in [0.29, 0.717) is 28.2 Å². The fraction of sp³-hybridized carbons (Fsp3) is 0.133. The number of amides is 1. The standard InChI is InChI=1S/C15H13ClN4O2/c1-10-18-19-15(22-10)13-3-2-8-20(13)9-14(21)17-12-6-4-11(16)5-7-12/h2-8H,9H2,1H3,(H,17,21). The maximum Gasteiger partial charge on any atom is 0.264 e. The van der Waals surface area contributed by atoms with Crippen molar-refractivity contribution in [3.63, 3.8) is 0 Å². The Morgan fingerprint density at radius 1 is 1.27 bits per heavy atom. The molecule has 1 aromatic carbocycles. The van der Waals surface area contributed by atoms with Crippen molar-refractivity contribution in [2.45, 2.75) is 13.5 Å². The predicted octanol–water partition coefficient (Wildman–Crippen LogP) is 3.14. The van der Waals surface area contributed by atoms with Gasteiger partial charge in [-0.05, 0) is 36.4 Å². The number of halogens is 1. The lowest BCUT2D eigenvalue weighted by Crippen LogP contribution is -2.18. The highest BCUT2D eigenvalue weighted by Crippen LogP contribution is 2.19. The molecule has 0 aliphatic rings. The molecule has 0 bridgehead atoms. The van der Waals surface area contributed by atoms with Crippen molar-refractivity contribution in [1.29, 1.82) is 0 Å². The number of anilines is 1. The first-order valence-corrected chi connectivity index (χ1v) is 7.00. The average Bonchev–Trinajstić information content (AvgIpc) is 3.10. The van der Waals surface area contributed by atoms with E-state index in [2.05, 4.69) is 15.5 Å². The molecule has 0 radical (unpaired) electrons. The van der Waals surface area contributed by atoms with Gasteiger partial charge in [0.1, 0.15) is 12.2 Å². The summed E-state index contributed by atoms with van der Waals surface area (Å²) in [6.07, 6.45) is 1.79. The molecule has 3 aromatic rings. The van der Waals surface area contributed by atoms with Crippen LogP contribution in [0.3, 0.4) is 0 Å². The summed E-state index contributed by atoms with van der Waals surface area (Å²) in [5.74, 6) is 0.714. The normalized spacial score (nSPS) is 10.6. The van der Waals surface area contributed by atoms with Crippen LogP contribution >= 0.6 is 11.6 Å². The number of benzene rings is 1. The number of rotatable bonds is 4. The lowest BCUT2D eigenvalue weighted by molar-refractivity contribution is -0.116. The highest BCUT2D eigenvalue weighted by molar-refractivity contribution is 6.30. The molecule has 0 saturated heterocycles. The second kappa shape index (κ2) is 6.03. The first-order chi connectivity index (χ1) is 10.6. The summed E-state index contributed by atoms with van der Waals surface area (Å²) in [6, 6.07) is 10.6. The Kier molecular flexibility index (Phi) is 3.93. The number of carbonyl (C=O) groups excluding carboxylic acids is 1. The molecule has 0 fully saturated rings. The van der Waals surface area contributed by atoms with Gasteiger partial charge in [-0.2, -0.15) is 0 Å². The number of nitrogens with one attached hydrogen (secondary N) is 1. The second-order valence-electron chi connectivity index (χ2n) is 4.70. The first kappa shape index (κ1) is 14.3. The van der Waals surface area contributed by atoms with Gasteiger partial charge in [0.15, 0.2) is 0 Å². The Bertz CT molecular complexity index is 792. The van der Waals surface area contributed by atoms with Gasteiger partial charge in [-0.3, -0.25) is 4.79 Å². The van der Waals surface area contributed by atoms with Gasteiger partial charge in [-0.15, -0.1) is 10.2 Å². The van der Waals surface area contributed by atoms with E-state index in [1.54, 1.807) is 42.0 Å². The lowest BCUT2D eigenvalue weighted by atomic mass is 10.3. The van der Waals surface area contributed by atoms with Crippen LogP contribution in [0.25, 0.3) is 11.6 Å². The summed E-state index contributed by atoms with van der Waals surface area (Å²) in [7, 11) is 0. The molecule has 22 heavy (non-hydrogen) atoms. The van der Waals surface area contributed by atoms with Gasteiger partial charge < -0.3 is 14.3 Å². The molecule has 3 rings (SSSR count). The minimum absolute atomic E-state index is 0.145. The molecule has 1 amide bonds. The largest absolute Gasteiger partial charge is 0.420 e. The van der Waals surface area contributed by atoms with Crippen LogP contribution < -0.4 is 5.32 Å². The smallest absolute Gasteiger partial charge is 0.264 e. The molecule has 0 unspecified atom stereocenters. The Morgan fingerprint density at radius 3 is 2.73 bits per heavy atom. The number of hydrogen-bond acceptors (Lipinski definition) is 4. The minimum Gasteiger partial charge on any atom is -0.420 e. The first-order valence-electron chi connectivity index (χ1n) is 6.63. The molecule has 2 aromatic heterocycles. The fourth-order valence-corrected chi connectivity index (χ4v) is 2.16. The summed E-state index contributed by atoms with van der Waals surface area (Å²) >= 11 is 5.81. The van der Waals surface area contributed by atoms with Gasteiger partial charge >= 0.3 is 0 Å². The topological polar surface area (TPSA) is 73.0 Å². The van der Waals surface area contributed by atoms with Crippen LogP contribution in [0.15, 0.2) is 47.0 Å². The summed E-state index contributed by atoms with van der Waals surface area (Å²) in [5, 5.41) is 11.2. The van der Waals surface area contributed by atoms with Crippen molar-refractivity contribution >= 4 is 23.2 Å². The molecule has 0 atom stereocenters. The maximum absolute atomic E-state index is 12.1. The van der Waals surface area contributed by atoms with Crippen molar-refractivity contribution in [2.75, 3.05) is 5.32 Å². The van der Waals surface area contributed by atoms with Crippen molar-refractivity contribution in [2.24, 2.45) is 0 Å². The molecule has 112 valence electrons. The van der Waals surface area contributed by atoms with Crippen molar-refractivity contribution in [3.8, 4) is 11.6 Å². The Hall–Kier alpha value is -2.60. The van der Waals surface area contributed by atoms with Crippen LogP contribution in [0.5, 0.6) is 0 Å². The van der Waals surface area contributed by atoms with E-state index in [4.69, 9.17) is 16.0 Å². The molecule has 0 spiro atoms. The van der Waals surface area contributed by atoms with Crippen LogP contribution in [0.2, 0.25) is 5.02 Å². The zero-order valence-corrected chi connectivity index (χ0v) is 12.5. The van der Waals surface area contributed by atoms with E-state index in [1.165, 1.54) is 0 Å². The minimum atomic E-state index is -0.156.